The summed E-state index contributed by atoms with van der Waals surface area (Å²) in [5, 5.41) is 18.0. The molecule has 8 heteroatoms. The molecule has 8 nitrogen and oxygen atoms in total. The number of nitrogens with zero attached hydrogens (tertiary/aromatic N) is 4. The Bertz CT molecular complexity index is 868. The molecule has 0 amide bonds. The summed E-state index contributed by atoms with van der Waals surface area (Å²) in [6.45, 7) is 0.313. The number of unbranched alkanes of at least 4 members (excludes halogenated alkanes) is 9. The summed E-state index contributed by atoms with van der Waals surface area (Å²) in [5.41, 5.74) is 0.351. The SMILES string of the molecule is Cn1cnc2c1c(=O)n(CCCCCCCCCCCCC(O)CO)c(=O)n2C. The van der Waals surface area contributed by atoms with Crippen LogP contribution < -0.4 is 11.2 Å². The highest BCUT2D eigenvalue weighted by Gasteiger charge is 2.14. The minimum Gasteiger partial charge on any atom is -0.394 e. The summed E-state index contributed by atoms with van der Waals surface area (Å²) in [5.74, 6) is 0. The van der Waals surface area contributed by atoms with E-state index in [4.69, 9.17) is 5.11 Å². The van der Waals surface area contributed by atoms with E-state index in [0.29, 0.717) is 24.1 Å². The topological polar surface area (TPSA) is 102 Å². The van der Waals surface area contributed by atoms with Crippen LogP contribution >= 0.6 is 0 Å². The van der Waals surface area contributed by atoms with Crippen LogP contribution in [-0.2, 0) is 20.6 Å². The third kappa shape index (κ3) is 6.54. The van der Waals surface area contributed by atoms with E-state index in [1.165, 1.54) is 41.2 Å². The number of fused-ring (bicyclic) bond motifs is 1. The number of aromatic nitrogens is 4. The molecule has 0 aliphatic carbocycles. The highest BCUT2D eigenvalue weighted by molar-refractivity contribution is 5.69. The fraction of sp³-hybridized carbons (Fsp3) is 0.762. The molecule has 1 atom stereocenters. The van der Waals surface area contributed by atoms with Crippen molar-refractivity contribution in [3.63, 3.8) is 0 Å². The van der Waals surface area contributed by atoms with Gasteiger partial charge in [0, 0.05) is 20.6 Å². The van der Waals surface area contributed by atoms with Crippen molar-refractivity contribution in [2.75, 3.05) is 6.61 Å². The summed E-state index contributed by atoms with van der Waals surface area (Å²) in [4.78, 5) is 29.2. The zero-order valence-electron chi connectivity index (χ0n) is 17.8. The number of aliphatic hydroxyl groups is 2. The molecule has 0 bridgehead atoms. The number of hydrogen-bond donors (Lipinski definition) is 2. The third-order valence-corrected chi connectivity index (χ3v) is 5.58. The Labute approximate surface area is 171 Å². The van der Waals surface area contributed by atoms with Crippen LogP contribution in [0.25, 0.3) is 11.2 Å². The van der Waals surface area contributed by atoms with Gasteiger partial charge in [-0.3, -0.25) is 13.9 Å². The number of rotatable bonds is 14. The number of imidazole rings is 1. The zero-order chi connectivity index (χ0) is 21.2. The molecule has 0 radical (unpaired) electrons. The average molecular weight is 409 g/mol. The monoisotopic (exact) mass is 408 g/mol. The van der Waals surface area contributed by atoms with Gasteiger partial charge in [0.05, 0.1) is 19.0 Å². The van der Waals surface area contributed by atoms with Gasteiger partial charge in [0.25, 0.3) is 5.56 Å². The minimum atomic E-state index is -0.558. The van der Waals surface area contributed by atoms with Crippen molar-refractivity contribution in [3.05, 3.63) is 27.2 Å². The van der Waals surface area contributed by atoms with Crippen molar-refractivity contribution in [3.8, 4) is 0 Å². The first-order valence-corrected chi connectivity index (χ1v) is 10.9. The minimum absolute atomic E-state index is 0.138. The van der Waals surface area contributed by atoms with Crippen LogP contribution in [0.3, 0.4) is 0 Å². The molecule has 0 spiro atoms. The summed E-state index contributed by atoms with van der Waals surface area (Å²) < 4.78 is 4.45. The Morgan fingerprint density at radius 1 is 0.931 bits per heavy atom. The van der Waals surface area contributed by atoms with Crippen molar-refractivity contribution >= 4 is 11.2 Å². The first-order valence-electron chi connectivity index (χ1n) is 10.9. The highest BCUT2D eigenvalue weighted by Crippen LogP contribution is 2.12. The molecule has 2 aromatic rings. The lowest BCUT2D eigenvalue weighted by Crippen LogP contribution is -2.39. The van der Waals surface area contributed by atoms with Crippen LogP contribution in [-0.4, -0.2) is 41.6 Å². The molecule has 0 saturated carbocycles. The molecule has 0 saturated heterocycles. The lowest BCUT2D eigenvalue weighted by molar-refractivity contribution is 0.0860. The van der Waals surface area contributed by atoms with Gasteiger partial charge in [-0.1, -0.05) is 57.8 Å². The van der Waals surface area contributed by atoms with E-state index in [1.807, 2.05) is 0 Å². The fourth-order valence-electron chi connectivity index (χ4n) is 3.75. The third-order valence-electron chi connectivity index (χ3n) is 5.58. The van der Waals surface area contributed by atoms with Gasteiger partial charge in [0.15, 0.2) is 11.2 Å². The Morgan fingerprint density at radius 3 is 2.07 bits per heavy atom. The van der Waals surface area contributed by atoms with Crippen LogP contribution in [0.15, 0.2) is 15.9 Å². The highest BCUT2D eigenvalue weighted by atomic mass is 16.3. The molecule has 2 aromatic heterocycles. The maximum atomic E-state index is 12.6. The van der Waals surface area contributed by atoms with Gasteiger partial charge < -0.3 is 14.8 Å². The Morgan fingerprint density at radius 2 is 1.48 bits per heavy atom. The molecule has 1 unspecified atom stereocenters. The standard InChI is InChI=1S/C21H36N4O4/c1-23-16-22-19-18(23)20(28)25(21(29)24(19)2)14-12-10-8-6-4-3-5-7-9-11-13-17(27)15-26/h16-17,26-27H,3-15H2,1-2H3. The molecule has 2 heterocycles. The smallest absolute Gasteiger partial charge is 0.332 e. The van der Waals surface area contributed by atoms with E-state index in [-0.39, 0.29) is 17.9 Å². The summed E-state index contributed by atoms with van der Waals surface area (Å²) in [6, 6.07) is 0. The maximum Gasteiger partial charge on any atom is 0.332 e. The van der Waals surface area contributed by atoms with E-state index in [2.05, 4.69) is 4.98 Å². The maximum absolute atomic E-state index is 12.6. The van der Waals surface area contributed by atoms with Crippen LogP contribution in [0.1, 0.15) is 70.6 Å². The Hall–Kier alpha value is -1.93. The molecule has 0 fully saturated rings. The summed E-state index contributed by atoms with van der Waals surface area (Å²) in [7, 11) is 3.42. The lowest BCUT2D eigenvalue weighted by atomic mass is 10.0. The van der Waals surface area contributed by atoms with Gasteiger partial charge in [0.1, 0.15) is 0 Å². The Kier molecular flexibility index (Phi) is 9.60. The van der Waals surface area contributed by atoms with Gasteiger partial charge in [-0.2, -0.15) is 0 Å². The van der Waals surface area contributed by atoms with E-state index < -0.39 is 6.10 Å². The van der Waals surface area contributed by atoms with Crippen molar-refractivity contribution in [2.24, 2.45) is 14.1 Å². The Balaban J connectivity index is 1.61. The second kappa shape index (κ2) is 11.9. The average Bonchev–Trinajstić information content (AvgIpc) is 3.10. The second-order valence-electron chi connectivity index (χ2n) is 7.99. The van der Waals surface area contributed by atoms with E-state index in [0.717, 1.165) is 32.1 Å². The van der Waals surface area contributed by atoms with E-state index in [9.17, 15) is 14.7 Å². The molecule has 2 N–H and O–H groups in total. The summed E-state index contributed by atoms with van der Waals surface area (Å²) >= 11 is 0. The normalized spacial score (nSPS) is 12.7. The first kappa shape index (κ1) is 23.3. The fourth-order valence-corrected chi connectivity index (χ4v) is 3.75. The van der Waals surface area contributed by atoms with Gasteiger partial charge in [0.2, 0.25) is 0 Å². The molecular weight excluding hydrogens is 372 g/mol. The zero-order valence-corrected chi connectivity index (χ0v) is 17.8. The van der Waals surface area contributed by atoms with Crippen LogP contribution in [0.4, 0.5) is 0 Å². The van der Waals surface area contributed by atoms with Crippen molar-refractivity contribution < 1.29 is 10.2 Å². The summed E-state index contributed by atoms with van der Waals surface area (Å²) in [6.07, 6.45) is 12.7. The predicted molar refractivity (Wildman–Crippen MR) is 114 cm³/mol. The first-order chi connectivity index (χ1) is 14.0. The number of hydrogen-bond acceptors (Lipinski definition) is 5. The molecule has 164 valence electrons. The van der Waals surface area contributed by atoms with Crippen LogP contribution in [0, 0.1) is 0 Å². The van der Waals surface area contributed by atoms with E-state index in [1.54, 1.807) is 25.0 Å². The van der Waals surface area contributed by atoms with Gasteiger partial charge in [-0.25, -0.2) is 9.78 Å². The van der Waals surface area contributed by atoms with Crippen molar-refractivity contribution in [2.45, 2.75) is 83.3 Å². The molecule has 0 aromatic carbocycles. The largest absolute Gasteiger partial charge is 0.394 e. The molecular formula is C21H36N4O4. The van der Waals surface area contributed by atoms with Crippen molar-refractivity contribution in [1.82, 2.24) is 18.7 Å². The number of aliphatic hydroxyl groups excluding tert-OH is 2. The van der Waals surface area contributed by atoms with Gasteiger partial charge in [-0.05, 0) is 12.8 Å². The van der Waals surface area contributed by atoms with Crippen LogP contribution in [0.5, 0.6) is 0 Å². The van der Waals surface area contributed by atoms with Gasteiger partial charge >= 0.3 is 5.69 Å². The van der Waals surface area contributed by atoms with Crippen molar-refractivity contribution in [1.29, 1.82) is 0 Å². The molecule has 29 heavy (non-hydrogen) atoms. The second-order valence-corrected chi connectivity index (χ2v) is 7.99. The molecule has 2 rings (SSSR count). The quantitative estimate of drug-likeness (QED) is 0.466. The van der Waals surface area contributed by atoms with Gasteiger partial charge in [-0.15, -0.1) is 0 Å². The molecule has 0 aliphatic heterocycles. The number of aryl methyl sites for hydroxylation is 2. The lowest BCUT2D eigenvalue weighted by Gasteiger charge is -2.08. The molecule has 0 aliphatic rings. The van der Waals surface area contributed by atoms with E-state index >= 15 is 0 Å². The predicted octanol–water partition coefficient (Wildman–Crippen LogP) is 2.08. The van der Waals surface area contributed by atoms with Crippen LogP contribution in [0.2, 0.25) is 0 Å².